The van der Waals surface area contributed by atoms with Crippen molar-refractivity contribution in [1.29, 1.82) is 0 Å². The molecule has 0 bridgehead atoms. The highest BCUT2D eigenvalue weighted by atomic mass is 16.7. The second kappa shape index (κ2) is 9.85. The molecule has 2 aliphatic rings. The summed E-state index contributed by atoms with van der Waals surface area (Å²) in [5.74, 6) is 2.25. The third-order valence-electron chi connectivity index (χ3n) is 6.33. The fourth-order valence-electron chi connectivity index (χ4n) is 4.55. The molecule has 4 N–H and O–H groups in total. The number of methoxy groups -OCH3 is 4. The topological polar surface area (TPSA) is 136 Å². The summed E-state index contributed by atoms with van der Waals surface area (Å²) < 4.78 is 33.7. The summed E-state index contributed by atoms with van der Waals surface area (Å²) in [5, 5.41) is 39.9. The predicted molar refractivity (Wildman–Crippen MR) is 120 cm³/mol. The van der Waals surface area contributed by atoms with E-state index in [2.05, 4.69) is 0 Å². The fraction of sp³-hybridized carbons (Fsp3) is 0.500. The van der Waals surface area contributed by atoms with E-state index < -0.39 is 37.3 Å². The van der Waals surface area contributed by atoms with E-state index in [9.17, 15) is 20.4 Å². The molecule has 1 fully saturated rings. The minimum atomic E-state index is -1.54. The normalized spacial score (nSPS) is 25.7. The molecule has 0 saturated carbocycles. The van der Waals surface area contributed by atoms with Crippen LogP contribution in [0.2, 0.25) is 0 Å². The van der Waals surface area contributed by atoms with Crippen molar-refractivity contribution in [2.24, 2.45) is 0 Å². The second-order valence-electron chi connectivity index (χ2n) is 8.15. The van der Waals surface area contributed by atoms with E-state index in [0.717, 1.165) is 22.3 Å². The Bertz CT molecular complexity index is 1040. The van der Waals surface area contributed by atoms with Crippen molar-refractivity contribution in [1.82, 2.24) is 0 Å². The molecule has 2 aromatic carbocycles. The highest BCUT2D eigenvalue weighted by Crippen LogP contribution is 2.51. The van der Waals surface area contributed by atoms with Gasteiger partial charge in [-0.05, 0) is 47.7 Å². The van der Waals surface area contributed by atoms with Crippen LogP contribution < -0.4 is 23.7 Å². The lowest BCUT2D eigenvalue weighted by atomic mass is 9.84. The van der Waals surface area contributed by atoms with Gasteiger partial charge in [0.05, 0.1) is 35.0 Å². The highest BCUT2D eigenvalue weighted by molar-refractivity contribution is 5.84. The first-order valence-corrected chi connectivity index (χ1v) is 10.9. The molecule has 10 nitrogen and oxygen atoms in total. The van der Waals surface area contributed by atoms with Crippen LogP contribution in [0.1, 0.15) is 11.1 Å². The van der Waals surface area contributed by atoms with Crippen molar-refractivity contribution in [2.75, 3.05) is 35.0 Å². The maximum atomic E-state index is 10.4. The summed E-state index contributed by atoms with van der Waals surface area (Å²) in [6.07, 6.45) is -5.54. The first-order chi connectivity index (χ1) is 16.4. The van der Waals surface area contributed by atoms with Crippen LogP contribution in [0.15, 0.2) is 18.2 Å². The third kappa shape index (κ3) is 4.01. The molecule has 1 aliphatic heterocycles. The van der Waals surface area contributed by atoms with E-state index in [1.807, 2.05) is 6.07 Å². The molecule has 4 rings (SSSR count). The SMILES string of the molecule is COc1cc2c(cc1O[C@@H]1O[C@H](CO)[C@@H](O)[C@H](O)[C@H]1O)CCc1cc(OC)c(OC)c(OC)c1-2. The summed E-state index contributed by atoms with van der Waals surface area (Å²) in [6, 6.07) is 5.53. The Hall–Kier alpha value is -2.76. The van der Waals surface area contributed by atoms with E-state index >= 15 is 0 Å². The summed E-state index contributed by atoms with van der Waals surface area (Å²) in [7, 11) is 6.18. The number of rotatable bonds is 7. The zero-order chi connectivity index (χ0) is 24.6. The van der Waals surface area contributed by atoms with Gasteiger partial charge >= 0.3 is 0 Å². The smallest absolute Gasteiger partial charge is 0.229 e. The van der Waals surface area contributed by atoms with Gasteiger partial charge in [0.15, 0.2) is 23.0 Å². The number of fused-ring (bicyclic) bond motifs is 3. The summed E-state index contributed by atoms with van der Waals surface area (Å²) >= 11 is 0. The van der Waals surface area contributed by atoms with E-state index in [0.29, 0.717) is 35.8 Å². The standard InChI is InChI=1S/C24H30O10/c1-29-14-9-13-11(5-6-12-8-16(30-2)22(31-3)23(32-4)18(12)13)7-15(14)33-24-21(28)20(27)19(26)17(10-25)34-24/h7-9,17,19-21,24-28H,5-6,10H2,1-4H3/t17-,19-,20+,21-,24-/m1/s1. The molecule has 1 aliphatic carbocycles. The lowest BCUT2D eigenvalue weighted by Crippen LogP contribution is -2.60. The minimum Gasteiger partial charge on any atom is -0.493 e. The Kier molecular flexibility index (Phi) is 7.06. The van der Waals surface area contributed by atoms with Crippen molar-refractivity contribution in [3.63, 3.8) is 0 Å². The molecule has 0 spiro atoms. The lowest BCUT2D eigenvalue weighted by molar-refractivity contribution is -0.277. The highest BCUT2D eigenvalue weighted by Gasteiger charge is 2.45. The molecule has 1 heterocycles. The molecule has 10 heteroatoms. The van der Waals surface area contributed by atoms with Gasteiger partial charge in [0.25, 0.3) is 0 Å². The summed E-state index contributed by atoms with van der Waals surface area (Å²) in [6.45, 7) is -0.548. The maximum Gasteiger partial charge on any atom is 0.229 e. The van der Waals surface area contributed by atoms with Gasteiger partial charge in [-0.15, -0.1) is 0 Å². The molecule has 0 unspecified atom stereocenters. The van der Waals surface area contributed by atoms with Crippen LogP contribution in [0.4, 0.5) is 0 Å². The van der Waals surface area contributed by atoms with E-state index in [1.54, 1.807) is 33.5 Å². The average molecular weight is 478 g/mol. The molecule has 2 aromatic rings. The number of aryl methyl sites for hydroxylation is 2. The Morgan fingerprint density at radius 3 is 2.03 bits per heavy atom. The van der Waals surface area contributed by atoms with Gasteiger partial charge < -0.3 is 48.8 Å². The van der Waals surface area contributed by atoms with Gasteiger partial charge in [0.1, 0.15) is 24.4 Å². The largest absolute Gasteiger partial charge is 0.493 e. The number of hydrogen-bond donors (Lipinski definition) is 4. The molecular weight excluding hydrogens is 448 g/mol. The van der Waals surface area contributed by atoms with E-state index in [1.165, 1.54) is 7.11 Å². The monoisotopic (exact) mass is 478 g/mol. The third-order valence-corrected chi connectivity index (χ3v) is 6.33. The zero-order valence-corrected chi connectivity index (χ0v) is 19.5. The number of hydrogen-bond acceptors (Lipinski definition) is 10. The van der Waals surface area contributed by atoms with Crippen molar-refractivity contribution in [3.05, 3.63) is 29.3 Å². The second-order valence-corrected chi connectivity index (χ2v) is 8.15. The van der Waals surface area contributed by atoms with Crippen LogP contribution in [-0.4, -0.2) is 86.2 Å². The Balaban J connectivity index is 1.76. The molecule has 186 valence electrons. The van der Waals surface area contributed by atoms with Gasteiger partial charge in [0.2, 0.25) is 12.0 Å². The van der Waals surface area contributed by atoms with Crippen molar-refractivity contribution in [2.45, 2.75) is 43.5 Å². The molecule has 0 radical (unpaired) electrons. The van der Waals surface area contributed by atoms with Gasteiger partial charge in [-0.25, -0.2) is 0 Å². The Labute approximate surface area is 197 Å². The molecule has 34 heavy (non-hydrogen) atoms. The van der Waals surface area contributed by atoms with Gasteiger partial charge in [-0.3, -0.25) is 0 Å². The van der Waals surface area contributed by atoms with E-state index in [-0.39, 0.29) is 5.75 Å². The van der Waals surface area contributed by atoms with Gasteiger partial charge in [-0.2, -0.15) is 0 Å². The Morgan fingerprint density at radius 2 is 1.41 bits per heavy atom. The molecule has 0 amide bonds. The van der Waals surface area contributed by atoms with Crippen LogP contribution in [0.3, 0.4) is 0 Å². The van der Waals surface area contributed by atoms with E-state index in [4.69, 9.17) is 28.4 Å². The maximum absolute atomic E-state index is 10.4. The molecule has 1 saturated heterocycles. The fourth-order valence-corrected chi connectivity index (χ4v) is 4.55. The number of ether oxygens (including phenoxy) is 6. The van der Waals surface area contributed by atoms with Crippen LogP contribution in [0.25, 0.3) is 11.1 Å². The zero-order valence-electron chi connectivity index (χ0n) is 19.5. The minimum absolute atomic E-state index is 0.286. The lowest BCUT2D eigenvalue weighted by Gasteiger charge is -2.39. The van der Waals surface area contributed by atoms with Crippen LogP contribution in [-0.2, 0) is 17.6 Å². The van der Waals surface area contributed by atoms with Crippen molar-refractivity contribution in [3.8, 4) is 39.9 Å². The first kappa shape index (κ1) is 24.4. The summed E-state index contributed by atoms with van der Waals surface area (Å²) in [4.78, 5) is 0. The average Bonchev–Trinajstić information content (AvgIpc) is 2.86. The van der Waals surface area contributed by atoms with Gasteiger partial charge in [0, 0.05) is 5.56 Å². The quantitative estimate of drug-likeness (QED) is 0.449. The van der Waals surface area contributed by atoms with Crippen molar-refractivity contribution < 1.29 is 48.8 Å². The van der Waals surface area contributed by atoms with Crippen molar-refractivity contribution >= 4 is 0 Å². The number of benzene rings is 2. The molecule has 0 aromatic heterocycles. The number of aliphatic hydroxyl groups is 4. The number of aliphatic hydroxyl groups excluding tert-OH is 4. The van der Waals surface area contributed by atoms with Crippen LogP contribution in [0, 0.1) is 0 Å². The molecule has 5 atom stereocenters. The van der Waals surface area contributed by atoms with Crippen LogP contribution >= 0.6 is 0 Å². The van der Waals surface area contributed by atoms with Crippen LogP contribution in [0.5, 0.6) is 28.7 Å². The van der Waals surface area contributed by atoms with Gasteiger partial charge in [-0.1, -0.05) is 0 Å². The predicted octanol–water partition coefficient (Wildman–Crippen LogP) is 0.665. The Morgan fingerprint density at radius 1 is 0.765 bits per heavy atom. The first-order valence-electron chi connectivity index (χ1n) is 10.9. The summed E-state index contributed by atoms with van der Waals surface area (Å²) in [5.41, 5.74) is 3.71. The molecular formula is C24H30O10.